The third-order valence-electron chi connectivity index (χ3n) is 1.45. The molecule has 1 fully saturated rings. The molecule has 2 nitrogen and oxygen atoms in total. The Morgan fingerprint density at radius 3 is 2.50 bits per heavy atom. The zero-order chi connectivity index (χ0) is 5.98. The van der Waals surface area contributed by atoms with Crippen molar-refractivity contribution in [2.75, 3.05) is 20.3 Å². The fourth-order valence-electron chi connectivity index (χ4n) is 0.641. The van der Waals surface area contributed by atoms with Gasteiger partial charge in [0.15, 0.2) is 0 Å². The van der Waals surface area contributed by atoms with Crippen molar-refractivity contribution in [2.45, 2.75) is 0 Å². The van der Waals surface area contributed by atoms with Gasteiger partial charge in [0.2, 0.25) is 0 Å². The highest BCUT2D eigenvalue weighted by molar-refractivity contribution is 4.99. The van der Waals surface area contributed by atoms with Gasteiger partial charge in [-0.25, -0.2) is 0 Å². The predicted molar refractivity (Wildman–Crippen MR) is 32.5 cm³/mol. The monoisotopic (exact) mass is 113 g/mol. The van der Waals surface area contributed by atoms with E-state index < -0.39 is 0 Å². The third-order valence-corrected chi connectivity index (χ3v) is 1.45. The summed E-state index contributed by atoms with van der Waals surface area (Å²) in [5, 5.41) is 2.99. The van der Waals surface area contributed by atoms with E-state index in [9.17, 15) is 0 Å². The number of hydrogen-bond donors (Lipinski definition) is 1. The first kappa shape index (κ1) is 5.63. The lowest BCUT2D eigenvalue weighted by molar-refractivity contribution is -0.0155. The van der Waals surface area contributed by atoms with Gasteiger partial charge >= 0.3 is 0 Å². The molecule has 0 aromatic rings. The quantitative estimate of drug-likeness (QED) is 0.558. The van der Waals surface area contributed by atoms with Crippen LogP contribution in [-0.2, 0) is 4.74 Å². The molecule has 1 aliphatic heterocycles. The Kier molecular flexibility index (Phi) is 1.53. The lowest BCUT2D eigenvalue weighted by atomic mass is 10.1. The number of nitrogens with one attached hydrogen (secondary N) is 1. The normalized spacial score (nSPS) is 19.6. The fraction of sp³-hybridized carbons (Fsp3) is 0.667. The van der Waals surface area contributed by atoms with Gasteiger partial charge < -0.3 is 10.1 Å². The van der Waals surface area contributed by atoms with Gasteiger partial charge in [0.05, 0.1) is 13.2 Å². The van der Waals surface area contributed by atoms with Crippen molar-refractivity contribution in [3.8, 4) is 0 Å². The van der Waals surface area contributed by atoms with Gasteiger partial charge in [-0.2, -0.15) is 0 Å². The maximum Gasteiger partial charge on any atom is 0.0571 e. The summed E-state index contributed by atoms with van der Waals surface area (Å²) in [5.41, 5.74) is 1.09. The van der Waals surface area contributed by atoms with Crippen molar-refractivity contribution in [3.63, 3.8) is 0 Å². The molecule has 0 aromatic carbocycles. The van der Waals surface area contributed by atoms with Crippen molar-refractivity contribution >= 4 is 0 Å². The van der Waals surface area contributed by atoms with Crippen LogP contribution in [0.3, 0.4) is 0 Å². The van der Waals surface area contributed by atoms with Crippen LogP contribution < -0.4 is 5.32 Å². The van der Waals surface area contributed by atoms with Crippen molar-refractivity contribution in [3.05, 3.63) is 12.3 Å². The van der Waals surface area contributed by atoms with E-state index in [1.165, 1.54) is 0 Å². The summed E-state index contributed by atoms with van der Waals surface area (Å²) in [4.78, 5) is 0. The highest BCUT2D eigenvalue weighted by Crippen LogP contribution is 2.15. The van der Waals surface area contributed by atoms with Gasteiger partial charge in [0.1, 0.15) is 0 Å². The smallest absolute Gasteiger partial charge is 0.0571 e. The topological polar surface area (TPSA) is 21.3 Å². The lowest BCUT2D eigenvalue weighted by Crippen LogP contribution is -2.33. The second-order valence-electron chi connectivity index (χ2n) is 2.01. The van der Waals surface area contributed by atoms with Crippen molar-refractivity contribution < 1.29 is 4.74 Å². The van der Waals surface area contributed by atoms with Gasteiger partial charge in [-0.3, -0.25) is 0 Å². The summed E-state index contributed by atoms with van der Waals surface area (Å²) in [6, 6.07) is 0. The summed E-state index contributed by atoms with van der Waals surface area (Å²) in [7, 11) is 1.89. The maximum absolute atomic E-state index is 4.96. The number of hydrogen-bond acceptors (Lipinski definition) is 2. The van der Waals surface area contributed by atoms with Gasteiger partial charge in [-0.05, 0) is 0 Å². The molecular weight excluding hydrogens is 102 g/mol. The van der Waals surface area contributed by atoms with Crippen LogP contribution in [0.5, 0.6) is 0 Å². The van der Waals surface area contributed by atoms with Crippen LogP contribution in [0.2, 0.25) is 0 Å². The second kappa shape index (κ2) is 2.18. The highest BCUT2D eigenvalue weighted by atomic mass is 16.5. The Morgan fingerprint density at radius 1 is 1.75 bits per heavy atom. The van der Waals surface area contributed by atoms with E-state index in [0.717, 1.165) is 18.9 Å². The largest absolute Gasteiger partial charge is 0.392 e. The summed E-state index contributed by atoms with van der Waals surface area (Å²) >= 11 is 0. The minimum absolute atomic E-state index is 0.569. The Labute approximate surface area is 49.5 Å². The van der Waals surface area contributed by atoms with Crippen LogP contribution in [0.1, 0.15) is 0 Å². The van der Waals surface area contributed by atoms with Crippen molar-refractivity contribution in [2.24, 2.45) is 5.92 Å². The first-order valence-electron chi connectivity index (χ1n) is 2.79. The molecule has 0 unspecified atom stereocenters. The zero-order valence-corrected chi connectivity index (χ0v) is 5.11. The molecular formula is C6H11NO. The minimum Gasteiger partial charge on any atom is -0.392 e. The number of rotatable bonds is 2. The summed E-state index contributed by atoms with van der Waals surface area (Å²) < 4.78 is 4.96. The molecule has 46 valence electrons. The SMILES string of the molecule is C=C(NC)C1COC1. The van der Waals surface area contributed by atoms with Gasteiger partial charge in [-0.1, -0.05) is 6.58 Å². The molecule has 1 rings (SSSR count). The van der Waals surface area contributed by atoms with Crippen LogP contribution in [0.15, 0.2) is 12.3 Å². The molecule has 0 aromatic heterocycles. The van der Waals surface area contributed by atoms with E-state index in [4.69, 9.17) is 4.74 Å². The molecule has 1 N–H and O–H groups in total. The van der Waals surface area contributed by atoms with Crippen molar-refractivity contribution in [1.82, 2.24) is 5.32 Å². The molecule has 0 bridgehead atoms. The zero-order valence-electron chi connectivity index (χ0n) is 5.11. The predicted octanol–water partition coefficient (Wildman–Crippen LogP) is 0.366. The first-order chi connectivity index (χ1) is 3.84. The van der Waals surface area contributed by atoms with Crippen LogP contribution in [0.25, 0.3) is 0 Å². The van der Waals surface area contributed by atoms with Crippen LogP contribution in [-0.4, -0.2) is 20.3 Å². The van der Waals surface area contributed by atoms with E-state index in [-0.39, 0.29) is 0 Å². The Hall–Kier alpha value is -0.500. The third kappa shape index (κ3) is 0.842. The molecule has 8 heavy (non-hydrogen) atoms. The van der Waals surface area contributed by atoms with E-state index in [1.807, 2.05) is 7.05 Å². The van der Waals surface area contributed by atoms with Gasteiger partial charge in [0, 0.05) is 18.7 Å². The Bertz CT molecular complexity index is 96.7. The summed E-state index contributed by atoms with van der Waals surface area (Å²) in [5.74, 6) is 0.569. The molecule has 1 aliphatic rings. The summed E-state index contributed by atoms with van der Waals surface area (Å²) in [6.45, 7) is 5.50. The molecule has 0 aliphatic carbocycles. The van der Waals surface area contributed by atoms with Crippen molar-refractivity contribution in [1.29, 1.82) is 0 Å². The molecule has 0 radical (unpaired) electrons. The standard InChI is InChI=1S/C6H11NO/c1-5(7-2)6-3-8-4-6/h6-7H,1,3-4H2,2H3. The second-order valence-corrected chi connectivity index (χ2v) is 2.01. The lowest BCUT2D eigenvalue weighted by Gasteiger charge is -2.27. The average molecular weight is 113 g/mol. The number of ether oxygens (including phenoxy) is 1. The fourth-order valence-corrected chi connectivity index (χ4v) is 0.641. The molecule has 0 spiro atoms. The molecule has 0 saturated carbocycles. The Morgan fingerprint density at radius 2 is 2.38 bits per heavy atom. The average Bonchev–Trinajstić information content (AvgIpc) is 1.62. The molecule has 0 atom stereocenters. The van der Waals surface area contributed by atoms with E-state index in [0.29, 0.717) is 5.92 Å². The van der Waals surface area contributed by atoms with Gasteiger partial charge in [0.25, 0.3) is 0 Å². The summed E-state index contributed by atoms with van der Waals surface area (Å²) in [6.07, 6.45) is 0. The van der Waals surface area contributed by atoms with E-state index >= 15 is 0 Å². The molecule has 1 heterocycles. The molecule has 0 amide bonds. The van der Waals surface area contributed by atoms with Crippen LogP contribution in [0, 0.1) is 5.92 Å². The minimum atomic E-state index is 0.569. The highest BCUT2D eigenvalue weighted by Gasteiger charge is 2.19. The van der Waals surface area contributed by atoms with E-state index in [2.05, 4.69) is 11.9 Å². The van der Waals surface area contributed by atoms with Gasteiger partial charge in [-0.15, -0.1) is 0 Å². The molecule has 1 saturated heterocycles. The first-order valence-corrected chi connectivity index (χ1v) is 2.79. The van der Waals surface area contributed by atoms with Crippen LogP contribution in [0.4, 0.5) is 0 Å². The molecule has 2 heteroatoms. The van der Waals surface area contributed by atoms with Crippen LogP contribution >= 0.6 is 0 Å². The Balaban J connectivity index is 2.24. The van der Waals surface area contributed by atoms with E-state index in [1.54, 1.807) is 0 Å². The maximum atomic E-state index is 4.96.